The summed E-state index contributed by atoms with van der Waals surface area (Å²) in [5, 5.41) is 46.3. The number of rotatable bonds is 8. The molecule has 2 unspecified atom stereocenters. The molecule has 2 atom stereocenters. The minimum atomic E-state index is -1.50. The Morgan fingerprint density at radius 1 is 0.875 bits per heavy atom. The van der Waals surface area contributed by atoms with E-state index in [0.717, 1.165) is 0 Å². The summed E-state index contributed by atoms with van der Waals surface area (Å²) in [5.41, 5.74) is -2.71. The standard InChI is InChI=1S/C10H20N2O5.N2O5/c1-7(9(2,3)11(14)15)6-8(13)10(4,5)12(16)17;3-1(4)7-2(5)6/h7-8,13H,6H2,1-5H3;. The SMILES string of the molecule is CC(CC(O)C(C)(C)[N+](=O)[O-])C(C)(C)[N+](=O)[O-].O=[N+]([O-])O[N+](=O)[O-]. The molecule has 0 aromatic carbocycles. The third-order valence-electron chi connectivity index (χ3n) is 3.67. The minimum absolute atomic E-state index is 0.0158. The summed E-state index contributed by atoms with van der Waals surface area (Å²) < 4.78 is 0. The average Bonchev–Trinajstić information content (AvgIpc) is 2.36. The van der Waals surface area contributed by atoms with Crippen molar-refractivity contribution in [3.8, 4) is 0 Å². The quantitative estimate of drug-likeness (QED) is 0.480. The van der Waals surface area contributed by atoms with Crippen molar-refractivity contribution in [1.82, 2.24) is 0 Å². The maximum atomic E-state index is 10.8. The van der Waals surface area contributed by atoms with Crippen LogP contribution < -0.4 is 0 Å². The van der Waals surface area contributed by atoms with Crippen LogP contribution in [0.15, 0.2) is 0 Å². The van der Waals surface area contributed by atoms with Crippen molar-refractivity contribution in [1.29, 1.82) is 0 Å². The predicted octanol–water partition coefficient (Wildman–Crippen LogP) is 0.871. The van der Waals surface area contributed by atoms with E-state index in [0.29, 0.717) is 0 Å². The highest BCUT2D eigenvalue weighted by atomic mass is 17.1. The topological polar surface area (TPSA) is 202 Å². The van der Waals surface area contributed by atoms with Crippen molar-refractivity contribution in [2.75, 3.05) is 0 Å². The molecule has 0 saturated heterocycles. The van der Waals surface area contributed by atoms with Crippen LogP contribution >= 0.6 is 0 Å². The van der Waals surface area contributed by atoms with Crippen LogP contribution in [0.4, 0.5) is 0 Å². The Morgan fingerprint density at radius 3 is 1.42 bits per heavy atom. The van der Waals surface area contributed by atoms with E-state index in [1.807, 2.05) is 0 Å². The summed E-state index contributed by atoms with van der Waals surface area (Å²) in [4.78, 5) is 41.2. The fourth-order valence-electron chi connectivity index (χ4n) is 1.27. The molecule has 0 radical (unpaired) electrons. The highest BCUT2D eigenvalue weighted by Crippen LogP contribution is 2.28. The number of hydrogen-bond acceptors (Lipinski definition) is 10. The second kappa shape index (κ2) is 8.85. The van der Waals surface area contributed by atoms with Gasteiger partial charge in [-0.1, -0.05) is 6.92 Å². The van der Waals surface area contributed by atoms with E-state index in [2.05, 4.69) is 4.94 Å². The molecule has 0 heterocycles. The Morgan fingerprint density at radius 2 is 1.21 bits per heavy atom. The fraction of sp³-hybridized carbons (Fsp3) is 1.00. The monoisotopic (exact) mass is 356 g/mol. The lowest BCUT2D eigenvalue weighted by Crippen LogP contribution is -2.47. The number of nitro groups is 2. The zero-order valence-electron chi connectivity index (χ0n) is 13.8. The van der Waals surface area contributed by atoms with E-state index in [9.17, 15) is 25.3 Å². The van der Waals surface area contributed by atoms with Crippen LogP contribution in [0.1, 0.15) is 41.0 Å². The van der Waals surface area contributed by atoms with Crippen molar-refractivity contribution in [2.45, 2.75) is 58.2 Å². The molecule has 0 aliphatic rings. The Kier molecular flexibility index (Phi) is 8.71. The predicted molar refractivity (Wildman–Crippen MR) is 77.0 cm³/mol. The van der Waals surface area contributed by atoms with Gasteiger partial charge in [-0.3, -0.25) is 20.2 Å². The first-order chi connectivity index (χ1) is 10.6. The molecule has 0 saturated carbocycles. The van der Waals surface area contributed by atoms with Gasteiger partial charge in [0.15, 0.2) is 0 Å². The Hall–Kier alpha value is -2.64. The lowest BCUT2D eigenvalue weighted by atomic mass is 9.81. The van der Waals surface area contributed by atoms with Crippen LogP contribution in [0.25, 0.3) is 0 Å². The highest BCUT2D eigenvalue weighted by molar-refractivity contribution is 4.84. The zero-order chi connectivity index (χ0) is 19.9. The molecule has 1 N–H and O–H groups in total. The summed E-state index contributed by atoms with van der Waals surface area (Å²) in [7, 11) is 0. The molecule has 0 fully saturated rings. The molecule has 0 aromatic rings. The highest BCUT2D eigenvalue weighted by Gasteiger charge is 2.45. The van der Waals surface area contributed by atoms with Crippen molar-refractivity contribution < 1.29 is 30.1 Å². The first-order valence-electron chi connectivity index (χ1n) is 6.50. The smallest absolute Gasteiger partial charge is 0.356 e. The molecular formula is C10H20N4O10. The summed E-state index contributed by atoms with van der Waals surface area (Å²) in [5.74, 6) is -0.466. The lowest BCUT2D eigenvalue weighted by Gasteiger charge is -2.28. The molecule has 140 valence electrons. The van der Waals surface area contributed by atoms with Crippen LogP contribution in [0, 0.1) is 46.4 Å². The number of nitrogens with zero attached hydrogens (tertiary/aromatic N) is 4. The van der Waals surface area contributed by atoms with Gasteiger partial charge in [-0.15, -0.1) is 20.2 Å². The average molecular weight is 356 g/mol. The van der Waals surface area contributed by atoms with E-state index >= 15 is 0 Å². The van der Waals surface area contributed by atoms with Crippen LogP contribution in [-0.4, -0.2) is 42.3 Å². The maximum Gasteiger partial charge on any atom is 0.356 e. The van der Waals surface area contributed by atoms with Crippen molar-refractivity contribution in [3.63, 3.8) is 0 Å². The largest absolute Gasteiger partial charge is 0.386 e. The Balaban J connectivity index is 0. The van der Waals surface area contributed by atoms with Gasteiger partial charge in [-0.25, -0.2) is 0 Å². The van der Waals surface area contributed by atoms with Gasteiger partial charge in [0.1, 0.15) is 6.10 Å². The number of aliphatic hydroxyl groups is 1. The van der Waals surface area contributed by atoms with Gasteiger partial charge in [-0.05, 0) is 6.42 Å². The molecule has 0 spiro atoms. The van der Waals surface area contributed by atoms with E-state index in [1.54, 1.807) is 6.92 Å². The van der Waals surface area contributed by atoms with Crippen LogP contribution in [0.5, 0.6) is 0 Å². The summed E-state index contributed by atoms with van der Waals surface area (Å²) in [6.07, 6.45) is -1.20. The van der Waals surface area contributed by atoms with E-state index in [-0.39, 0.29) is 6.42 Å². The van der Waals surface area contributed by atoms with E-state index in [1.165, 1.54) is 27.7 Å². The summed E-state index contributed by atoms with van der Waals surface area (Å²) >= 11 is 0. The normalized spacial score (nSPS) is 13.8. The van der Waals surface area contributed by atoms with Gasteiger partial charge in [0.2, 0.25) is 11.1 Å². The van der Waals surface area contributed by atoms with Crippen LogP contribution in [0.3, 0.4) is 0 Å². The van der Waals surface area contributed by atoms with E-state index in [4.69, 9.17) is 20.2 Å². The van der Waals surface area contributed by atoms with E-state index < -0.39 is 43.1 Å². The van der Waals surface area contributed by atoms with Crippen LogP contribution in [0.2, 0.25) is 0 Å². The molecule has 0 rings (SSSR count). The van der Waals surface area contributed by atoms with Gasteiger partial charge in [0.05, 0.1) is 0 Å². The maximum absolute atomic E-state index is 10.8. The summed E-state index contributed by atoms with van der Waals surface area (Å²) in [6.45, 7) is 7.13. The molecule has 0 amide bonds. The van der Waals surface area contributed by atoms with Crippen LogP contribution in [-0.2, 0) is 4.94 Å². The van der Waals surface area contributed by atoms with Gasteiger partial charge >= 0.3 is 10.2 Å². The first-order valence-corrected chi connectivity index (χ1v) is 6.50. The fourth-order valence-corrected chi connectivity index (χ4v) is 1.27. The Labute approximate surface area is 135 Å². The zero-order valence-corrected chi connectivity index (χ0v) is 13.8. The van der Waals surface area contributed by atoms with Gasteiger partial charge in [0.25, 0.3) is 0 Å². The Bertz CT molecular complexity index is 450. The molecular weight excluding hydrogens is 336 g/mol. The second-order valence-corrected chi connectivity index (χ2v) is 6.00. The van der Waals surface area contributed by atoms with Gasteiger partial charge in [-0.2, -0.15) is 0 Å². The third-order valence-corrected chi connectivity index (χ3v) is 3.67. The molecule has 0 aliphatic heterocycles. The molecule has 0 bridgehead atoms. The molecule has 0 aliphatic carbocycles. The molecule has 0 aromatic heterocycles. The lowest BCUT2D eigenvalue weighted by molar-refractivity contribution is -1.03. The molecule has 14 nitrogen and oxygen atoms in total. The third kappa shape index (κ3) is 7.57. The van der Waals surface area contributed by atoms with Gasteiger partial charge in [0, 0.05) is 48.4 Å². The number of aliphatic hydroxyl groups excluding tert-OH is 1. The summed E-state index contributed by atoms with van der Waals surface area (Å²) in [6, 6.07) is 0. The minimum Gasteiger partial charge on any atom is -0.386 e. The molecule has 14 heteroatoms. The second-order valence-electron chi connectivity index (χ2n) is 6.00. The molecule has 24 heavy (non-hydrogen) atoms. The first kappa shape index (κ1) is 23.6. The van der Waals surface area contributed by atoms with Gasteiger partial charge < -0.3 is 5.11 Å². The van der Waals surface area contributed by atoms with Crippen molar-refractivity contribution >= 4 is 0 Å². The van der Waals surface area contributed by atoms with Crippen molar-refractivity contribution in [3.05, 3.63) is 40.5 Å². The number of hydrogen-bond donors (Lipinski definition) is 1. The van der Waals surface area contributed by atoms with Crippen molar-refractivity contribution in [2.24, 2.45) is 5.92 Å².